The first-order valence-corrected chi connectivity index (χ1v) is 17.1. The number of halogens is 4. The molecule has 2 fully saturated rings. The summed E-state index contributed by atoms with van der Waals surface area (Å²) in [6.45, 7) is 7.28. The maximum atomic E-state index is 13.1. The lowest BCUT2D eigenvalue weighted by molar-refractivity contribution is 0.00557. The number of fused-ring (bicyclic) bond motifs is 3. The number of hydrogen-bond acceptors (Lipinski definition) is 8. The molecule has 10 nitrogen and oxygen atoms in total. The second-order valence-corrected chi connectivity index (χ2v) is 14.7. The highest BCUT2D eigenvalue weighted by molar-refractivity contribution is 6.47. The summed E-state index contributed by atoms with van der Waals surface area (Å²) in [7, 11) is 2.09. The number of carbonyl (C=O) groups excluding carboxylic acids is 1. The summed E-state index contributed by atoms with van der Waals surface area (Å²) in [6, 6.07) is 8.98. The predicted octanol–water partition coefficient (Wildman–Crippen LogP) is 8.59. The number of carbonyl (C=O) groups is 1. The van der Waals surface area contributed by atoms with Crippen LogP contribution in [0.2, 0.25) is 20.1 Å². The molecule has 4 aromatic rings. The van der Waals surface area contributed by atoms with Crippen LogP contribution in [0.3, 0.4) is 0 Å². The van der Waals surface area contributed by atoms with Crippen LogP contribution < -0.4 is 4.74 Å². The van der Waals surface area contributed by atoms with E-state index in [2.05, 4.69) is 28.3 Å². The van der Waals surface area contributed by atoms with Gasteiger partial charge in [0, 0.05) is 29.1 Å². The van der Waals surface area contributed by atoms with E-state index in [0.717, 1.165) is 19.4 Å². The zero-order valence-corrected chi connectivity index (χ0v) is 29.6. The number of pyridine rings is 1. The minimum Gasteiger partial charge on any atom is -0.474 e. The fourth-order valence-corrected chi connectivity index (χ4v) is 7.61. The molecule has 1 amide bonds. The zero-order valence-electron chi connectivity index (χ0n) is 26.6. The second kappa shape index (κ2) is 13.4. The quantitative estimate of drug-likeness (QED) is 0.195. The number of likely N-dealkylation sites (tertiary alicyclic amines) is 2. The normalized spacial score (nSPS) is 20.6. The van der Waals surface area contributed by atoms with Crippen molar-refractivity contribution in [2.45, 2.75) is 76.6 Å². The molecular formula is C33H35Cl4N7O3. The highest BCUT2D eigenvalue weighted by atomic mass is 35.5. The third-order valence-electron chi connectivity index (χ3n) is 8.85. The number of amides is 1. The van der Waals surface area contributed by atoms with Gasteiger partial charge in [0.15, 0.2) is 5.52 Å². The first-order chi connectivity index (χ1) is 22.4. The molecule has 2 saturated heterocycles. The monoisotopic (exact) mass is 717 g/mol. The summed E-state index contributed by atoms with van der Waals surface area (Å²) < 4.78 is 13.9. The Morgan fingerprint density at radius 1 is 1.06 bits per heavy atom. The number of nitrogens with zero attached hydrogens (tertiary/aromatic N) is 7. The molecule has 0 aliphatic carbocycles. The molecule has 2 aromatic heterocycles. The summed E-state index contributed by atoms with van der Waals surface area (Å²) in [4.78, 5) is 21.9. The number of nitriles is 1. The van der Waals surface area contributed by atoms with Crippen molar-refractivity contribution in [2.24, 2.45) is 0 Å². The number of likely N-dealkylation sites (N-methyl/N-ethyl adjacent to an activating group) is 1. The molecule has 0 N–H and O–H groups in total. The molecule has 0 spiro atoms. The van der Waals surface area contributed by atoms with E-state index < -0.39 is 11.7 Å². The van der Waals surface area contributed by atoms with Crippen LogP contribution in [-0.2, 0) is 4.74 Å². The molecule has 2 aliphatic heterocycles. The Kier molecular flexibility index (Phi) is 9.67. The molecule has 2 aromatic carbocycles. The minimum atomic E-state index is -0.657. The third-order valence-corrected chi connectivity index (χ3v) is 10.3. The second-order valence-electron chi connectivity index (χ2n) is 13.1. The number of hydrogen-bond donors (Lipinski definition) is 0. The van der Waals surface area contributed by atoms with E-state index in [1.807, 2.05) is 25.5 Å². The number of rotatable bonds is 6. The van der Waals surface area contributed by atoms with Gasteiger partial charge in [0.25, 0.3) is 0 Å². The van der Waals surface area contributed by atoms with Crippen LogP contribution >= 0.6 is 46.4 Å². The van der Waals surface area contributed by atoms with Crippen LogP contribution in [0.15, 0.2) is 24.3 Å². The Balaban J connectivity index is 1.47. The molecule has 0 radical (unpaired) electrons. The number of piperidine rings is 1. The van der Waals surface area contributed by atoms with Crippen molar-refractivity contribution < 1.29 is 14.3 Å². The molecule has 248 valence electrons. The molecule has 14 heteroatoms. The van der Waals surface area contributed by atoms with E-state index >= 15 is 0 Å². The molecular weight excluding hydrogens is 684 g/mol. The van der Waals surface area contributed by atoms with Gasteiger partial charge < -0.3 is 19.3 Å². The summed E-state index contributed by atoms with van der Waals surface area (Å²) in [5.74, 6) is 0.311. The van der Waals surface area contributed by atoms with Gasteiger partial charge in [-0.05, 0) is 72.2 Å². The maximum Gasteiger partial charge on any atom is 0.410 e. The van der Waals surface area contributed by atoms with Crippen LogP contribution in [0.5, 0.6) is 5.88 Å². The van der Waals surface area contributed by atoms with Gasteiger partial charge in [-0.2, -0.15) is 5.26 Å². The van der Waals surface area contributed by atoms with Gasteiger partial charge in [0.2, 0.25) is 5.88 Å². The standard InChI is InChI=1S/C33H35Cl4N7O3/c1-33(2,3)47-32(45)43-14-11-19(15-18(43)10-12-38)44-30-22-16-24(35)25(21-8-5-9-23(34)26(21)36)27(37)28(22)39-31(29(30)40-41-44)46-17-20-7-6-13-42(20)4/h5,8-9,16,18-20H,6-7,10-11,13-15,17H2,1-4H3/t18-,19+,20+/m1/s1. The fourth-order valence-electron chi connectivity index (χ4n) is 6.52. The Morgan fingerprint density at radius 2 is 1.85 bits per heavy atom. The van der Waals surface area contributed by atoms with Crippen molar-refractivity contribution in [1.82, 2.24) is 29.8 Å². The molecule has 2 aliphatic rings. The van der Waals surface area contributed by atoms with Crippen molar-refractivity contribution in [3.05, 3.63) is 44.4 Å². The van der Waals surface area contributed by atoms with Crippen LogP contribution in [0.25, 0.3) is 33.1 Å². The van der Waals surface area contributed by atoms with Crippen LogP contribution in [0, 0.1) is 11.3 Å². The fraction of sp³-hybridized carbons (Fsp3) is 0.485. The van der Waals surface area contributed by atoms with Crippen molar-refractivity contribution in [2.75, 3.05) is 26.7 Å². The van der Waals surface area contributed by atoms with Crippen LogP contribution in [0.4, 0.5) is 4.79 Å². The minimum absolute atomic E-state index is 0.148. The van der Waals surface area contributed by atoms with Crippen LogP contribution in [-0.4, -0.2) is 80.3 Å². The number of aromatic nitrogens is 4. The number of benzene rings is 2. The summed E-state index contributed by atoms with van der Waals surface area (Å²) in [5, 5.41) is 20.8. The van der Waals surface area contributed by atoms with E-state index in [1.165, 1.54) is 0 Å². The van der Waals surface area contributed by atoms with Gasteiger partial charge in [-0.1, -0.05) is 63.7 Å². The first kappa shape index (κ1) is 33.8. The van der Waals surface area contributed by atoms with Gasteiger partial charge >= 0.3 is 6.09 Å². The maximum absolute atomic E-state index is 13.1. The summed E-state index contributed by atoms with van der Waals surface area (Å²) >= 11 is 27.1. The van der Waals surface area contributed by atoms with Gasteiger partial charge in [0.05, 0.1) is 50.2 Å². The average Bonchev–Trinajstić information content (AvgIpc) is 3.64. The van der Waals surface area contributed by atoms with Gasteiger partial charge in [-0.15, -0.1) is 5.10 Å². The highest BCUT2D eigenvalue weighted by Gasteiger charge is 2.37. The van der Waals surface area contributed by atoms with E-state index in [-0.39, 0.29) is 29.6 Å². The predicted molar refractivity (Wildman–Crippen MR) is 185 cm³/mol. The smallest absolute Gasteiger partial charge is 0.410 e. The van der Waals surface area contributed by atoms with E-state index in [1.54, 1.807) is 29.2 Å². The summed E-state index contributed by atoms with van der Waals surface area (Å²) in [5.41, 5.74) is 2.01. The molecule has 6 rings (SSSR count). The largest absolute Gasteiger partial charge is 0.474 e. The van der Waals surface area contributed by atoms with Crippen LogP contribution in [0.1, 0.15) is 58.9 Å². The van der Waals surface area contributed by atoms with Crippen molar-refractivity contribution in [1.29, 1.82) is 5.26 Å². The molecule has 0 bridgehead atoms. The van der Waals surface area contributed by atoms with E-state index in [0.29, 0.717) is 80.0 Å². The van der Waals surface area contributed by atoms with Crippen molar-refractivity contribution in [3.63, 3.8) is 0 Å². The Bertz CT molecular complexity index is 1890. The molecule has 0 unspecified atom stereocenters. The first-order valence-electron chi connectivity index (χ1n) is 15.6. The molecule has 3 atom stereocenters. The van der Waals surface area contributed by atoms with Gasteiger partial charge in [-0.3, -0.25) is 0 Å². The Morgan fingerprint density at radius 3 is 2.55 bits per heavy atom. The Labute approximate surface area is 293 Å². The average molecular weight is 720 g/mol. The number of ether oxygens (including phenoxy) is 2. The topological polar surface area (TPSA) is 109 Å². The van der Waals surface area contributed by atoms with Crippen molar-refractivity contribution >= 4 is 74.4 Å². The molecule has 0 saturated carbocycles. The van der Waals surface area contributed by atoms with E-state index in [4.69, 9.17) is 60.9 Å². The lowest BCUT2D eigenvalue weighted by Gasteiger charge is -2.39. The molecule has 47 heavy (non-hydrogen) atoms. The van der Waals surface area contributed by atoms with Crippen molar-refractivity contribution in [3.8, 4) is 23.1 Å². The highest BCUT2D eigenvalue weighted by Crippen LogP contribution is 2.46. The Hall–Kier alpha value is -3.07. The lowest BCUT2D eigenvalue weighted by atomic mass is 9.95. The van der Waals surface area contributed by atoms with E-state index in [9.17, 15) is 10.1 Å². The molecule has 4 heterocycles. The van der Waals surface area contributed by atoms with Gasteiger partial charge in [-0.25, -0.2) is 14.5 Å². The third kappa shape index (κ3) is 6.66. The lowest BCUT2D eigenvalue weighted by Crippen LogP contribution is -2.48. The SMILES string of the molecule is CN1CCC[C@H]1COc1nc2c(Cl)c(-c3cccc(Cl)c3Cl)c(Cl)cc2c2c1nnn2[C@H]1CCN(C(=O)OC(C)(C)C)[C@H](CC#N)C1. The summed E-state index contributed by atoms with van der Waals surface area (Å²) in [6.07, 6.45) is 2.86. The van der Waals surface area contributed by atoms with Gasteiger partial charge in [0.1, 0.15) is 17.7 Å². The zero-order chi connectivity index (χ0) is 33.6.